The molecule has 0 atom stereocenters. The molecule has 0 bridgehead atoms. The van der Waals surface area contributed by atoms with Crippen molar-refractivity contribution in [3.8, 4) is 0 Å². The van der Waals surface area contributed by atoms with Crippen LogP contribution in [0.5, 0.6) is 0 Å². The Morgan fingerprint density at radius 3 is 2.04 bits per heavy atom. The molecular formula is C18H19FN2O2. The summed E-state index contributed by atoms with van der Waals surface area (Å²) in [5.74, 6) is -2.08. The molecule has 0 unspecified atom stereocenters. The molecule has 0 aliphatic heterocycles. The van der Waals surface area contributed by atoms with E-state index in [0.717, 1.165) is 30.0 Å². The van der Waals surface area contributed by atoms with Gasteiger partial charge in [-0.3, -0.25) is 9.59 Å². The summed E-state index contributed by atoms with van der Waals surface area (Å²) >= 11 is 0. The summed E-state index contributed by atoms with van der Waals surface area (Å²) in [6, 6.07) is 11.2. The van der Waals surface area contributed by atoms with Gasteiger partial charge in [0.05, 0.1) is 0 Å². The van der Waals surface area contributed by atoms with Gasteiger partial charge in [-0.1, -0.05) is 38.1 Å². The predicted octanol–water partition coefficient (Wildman–Crippen LogP) is 3.53. The largest absolute Gasteiger partial charge is 0.318 e. The van der Waals surface area contributed by atoms with E-state index >= 15 is 0 Å². The zero-order valence-electron chi connectivity index (χ0n) is 13.2. The summed E-state index contributed by atoms with van der Waals surface area (Å²) in [5.41, 5.74) is 2.86. The Labute approximate surface area is 134 Å². The lowest BCUT2D eigenvalue weighted by atomic mass is 10.0. The van der Waals surface area contributed by atoms with E-state index in [1.54, 1.807) is 0 Å². The van der Waals surface area contributed by atoms with Gasteiger partial charge in [0.25, 0.3) is 0 Å². The van der Waals surface area contributed by atoms with Gasteiger partial charge in [-0.25, -0.2) is 4.39 Å². The molecule has 23 heavy (non-hydrogen) atoms. The molecule has 120 valence electrons. The van der Waals surface area contributed by atoms with E-state index in [-0.39, 0.29) is 5.69 Å². The van der Waals surface area contributed by atoms with Crippen LogP contribution in [-0.2, 0) is 22.4 Å². The van der Waals surface area contributed by atoms with Crippen LogP contribution in [0.2, 0.25) is 0 Å². The highest BCUT2D eigenvalue weighted by Crippen LogP contribution is 2.22. The average Bonchev–Trinajstić information content (AvgIpc) is 2.54. The number of halogens is 1. The number of hydrogen-bond donors (Lipinski definition) is 2. The first-order valence-corrected chi connectivity index (χ1v) is 7.53. The van der Waals surface area contributed by atoms with Crippen LogP contribution in [0.3, 0.4) is 0 Å². The second kappa shape index (κ2) is 7.54. The first-order chi connectivity index (χ1) is 11.0. The van der Waals surface area contributed by atoms with Gasteiger partial charge in [0.2, 0.25) is 0 Å². The Kier molecular flexibility index (Phi) is 5.46. The minimum absolute atomic E-state index is 0.240. The third-order valence-electron chi connectivity index (χ3n) is 3.53. The Balaban J connectivity index is 2.14. The second-order valence-electron chi connectivity index (χ2n) is 5.08. The molecule has 2 aromatic rings. The number of anilines is 2. The first-order valence-electron chi connectivity index (χ1n) is 7.53. The van der Waals surface area contributed by atoms with E-state index in [9.17, 15) is 14.0 Å². The number of amides is 2. The molecule has 2 N–H and O–H groups in total. The van der Waals surface area contributed by atoms with Crippen LogP contribution in [0.4, 0.5) is 15.8 Å². The molecule has 0 heterocycles. The van der Waals surface area contributed by atoms with E-state index in [2.05, 4.69) is 10.6 Å². The Morgan fingerprint density at radius 1 is 0.913 bits per heavy atom. The summed E-state index contributed by atoms with van der Waals surface area (Å²) in [4.78, 5) is 24.1. The molecule has 2 rings (SSSR count). The molecule has 0 radical (unpaired) electrons. The number of nitrogens with one attached hydrogen (secondary N) is 2. The third kappa shape index (κ3) is 4.16. The standard InChI is InChI=1S/C18H19FN2O2/c1-3-12-7-5-8-13(4-2)16(12)21-18(23)17(22)20-15-10-6-9-14(19)11-15/h5-11H,3-4H2,1-2H3,(H,20,22)(H,21,23). The van der Waals surface area contributed by atoms with Gasteiger partial charge in [0.15, 0.2) is 0 Å². The van der Waals surface area contributed by atoms with Crippen LogP contribution >= 0.6 is 0 Å². The van der Waals surface area contributed by atoms with Gasteiger partial charge in [-0.2, -0.15) is 0 Å². The Hall–Kier alpha value is -2.69. The van der Waals surface area contributed by atoms with Crippen LogP contribution < -0.4 is 10.6 Å². The van der Waals surface area contributed by atoms with Crippen LogP contribution in [-0.4, -0.2) is 11.8 Å². The molecule has 0 saturated heterocycles. The van der Waals surface area contributed by atoms with Crippen molar-refractivity contribution in [2.75, 3.05) is 10.6 Å². The summed E-state index contributed by atoms with van der Waals surface area (Å²) < 4.78 is 13.1. The number of hydrogen-bond acceptors (Lipinski definition) is 2. The highest BCUT2D eigenvalue weighted by Gasteiger charge is 2.17. The number of benzene rings is 2. The number of carbonyl (C=O) groups is 2. The fourth-order valence-electron chi connectivity index (χ4n) is 2.33. The summed E-state index contributed by atoms with van der Waals surface area (Å²) in [7, 11) is 0. The predicted molar refractivity (Wildman–Crippen MR) is 88.9 cm³/mol. The lowest BCUT2D eigenvalue weighted by molar-refractivity contribution is -0.133. The van der Waals surface area contributed by atoms with Crippen LogP contribution in [0.15, 0.2) is 42.5 Å². The van der Waals surface area contributed by atoms with E-state index in [1.165, 1.54) is 18.2 Å². The molecule has 0 aliphatic carbocycles. The van der Waals surface area contributed by atoms with E-state index in [4.69, 9.17) is 0 Å². The van der Waals surface area contributed by atoms with Crippen molar-refractivity contribution >= 4 is 23.2 Å². The average molecular weight is 314 g/mol. The lowest BCUT2D eigenvalue weighted by Crippen LogP contribution is -2.29. The van der Waals surface area contributed by atoms with Crippen LogP contribution in [0.25, 0.3) is 0 Å². The lowest BCUT2D eigenvalue weighted by Gasteiger charge is -2.14. The highest BCUT2D eigenvalue weighted by molar-refractivity contribution is 6.43. The SMILES string of the molecule is CCc1cccc(CC)c1NC(=O)C(=O)Nc1cccc(F)c1. The normalized spacial score (nSPS) is 10.2. The maximum atomic E-state index is 13.1. The summed E-state index contributed by atoms with van der Waals surface area (Å²) in [6.07, 6.45) is 1.49. The minimum atomic E-state index is -0.830. The zero-order chi connectivity index (χ0) is 16.8. The van der Waals surface area contributed by atoms with Crippen molar-refractivity contribution in [3.63, 3.8) is 0 Å². The number of rotatable bonds is 4. The molecule has 0 aliphatic rings. The van der Waals surface area contributed by atoms with Gasteiger partial charge in [0.1, 0.15) is 5.82 Å². The molecule has 0 fully saturated rings. The molecule has 0 saturated carbocycles. The van der Waals surface area contributed by atoms with E-state index in [0.29, 0.717) is 5.69 Å². The fraction of sp³-hybridized carbons (Fsp3) is 0.222. The number of para-hydroxylation sites is 1. The van der Waals surface area contributed by atoms with Crippen LogP contribution in [0, 0.1) is 5.82 Å². The fourth-order valence-corrected chi connectivity index (χ4v) is 2.33. The van der Waals surface area contributed by atoms with Crippen molar-refractivity contribution in [3.05, 3.63) is 59.4 Å². The monoisotopic (exact) mass is 314 g/mol. The van der Waals surface area contributed by atoms with Crippen molar-refractivity contribution in [2.45, 2.75) is 26.7 Å². The third-order valence-corrected chi connectivity index (χ3v) is 3.53. The number of carbonyl (C=O) groups excluding carboxylic acids is 2. The van der Waals surface area contributed by atoms with Crippen molar-refractivity contribution < 1.29 is 14.0 Å². The molecule has 0 spiro atoms. The molecule has 2 amide bonds. The van der Waals surface area contributed by atoms with Crippen molar-refractivity contribution in [1.82, 2.24) is 0 Å². The van der Waals surface area contributed by atoms with Gasteiger partial charge in [0, 0.05) is 11.4 Å². The summed E-state index contributed by atoms with van der Waals surface area (Å²) in [5, 5.41) is 5.06. The number of aryl methyl sites for hydroxylation is 2. The molecule has 5 heteroatoms. The quantitative estimate of drug-likeness (QED) is 0.848. The van der Waals surface area contributed by atoms with Crippen LogP contribution in [0.1, 0.15) is 25.0 Å². The summed E-state index contributed by atoms with van der Waals surface area (Å²) in [6.45, 7) is 3.97. The molecule has 4 nitrogen and oxygen atoms in total. The minimum Gasteiger partial charge on any atom is -0.318 e. The highest BCUT2D eigenvalue weighted by atomic mass is 19.1. The first kappa shape index (κ1) is 16.7. The molecule has 0 aromatic heterocycles. The van der Waals surface area contributed by atoms with Gasteiger partial charge in [-0.15, -0.1) is 0 Å². The smallest absolute Gasteiger partial charge is 0.314 e. The van der Waals surface area contributed by atoms with E-state index in [1.807, 2.05) is 32.0 Å². The maximum Gasteiger partial charge on any atom is 0.314 e. The molecule has 2 aromatic carbocycles. The van der Waals surface area contributed by atoms with Crippen molar-refractivity contribution in [2.24, 2.45) is 0 Å². The Bertz CT molecular complexity index is 706. The molecular weight excluding hydrogens is 295 g/mol. The Morgan fingerprint density at radius 2 is 1.48 bits per heavy atom. The van der Waals surface area contributed by atoms with Gasteiger partial charge < -0.3 is 10.6 Å². The topological polar surface area (TPSA) is 58.2 Å². The second-order valence-corrected chi connectivity index (χ2v) is 5.08. The maximum absolute atomic E-state index is 13.1. The van der Waals surface area contributed by atoms with E-state index < -0.39 is 17.6 Å². The van der Waals surface area contributed by atoms with Gasteiger partial charge >= 0.3 is 11.8 Å². The van der Waals surface area contributed by atoms with Crippen molar-refractivity contribution in [1.29, 1.82) is 0 Å². The zero-order valence-corrected chi connectivity index (χ0v) is 13.2. The van der Waals surface area contributed by atoms with Gasteiger partial charge in [-0.05, 0) is 42.2 Å².